The Kier molecular flexibility index (Phi) is 5.45. The molecule has 0 bridgehead atoms. The van der Waals surface area contributed by atoms with Gasteiger partial charge in [-0.15, -0.1) is 0 Å². The van der Waals surface area contributed by atoms with E-state index in [1.807, 2.05) is 18.2 Å². The standard InChI is InChI=1S/C13H20N2O3/c1-3-9-4-5-11(12(8-9)17-2)18-7-6-10(14)13(15)16/h4-5,8,10H,3,6-7,14H2,1-2H3,(H2,15,16). The summed E-state index contributed by atoms with van der Waals surface area (Å²) in [6.45, 7) is 2.40. The van der Waals surface area contributed by atoms with Crippen LogP contribution in [0.25, 0.3) is 0 Å². The lowest BCUT2D eigenvalue weighted by molar-refractivity contribution is -0.119. The number of carbonyl (C=O) groups is 1. The monoisotopic (exact) mass is 252 g/mol. The van der Waals surface area contributed by atoms with Crippen molar-refractivity contribution in [1.29, 1.82) is 0 Å². The van der Waals surface area contributed by atoms with Gasteiger partial charge < -0.3 is 20.9 Å². The fourth-order valence-electron chi connectivity index (χ4n) is 1.49. The maximum Gasteiger partial charge on any atom is 0.234 e. The van der Waals surface area contributed by atoms with Crippen LogP contribution in [-0.4, -0.2) is 25.7 Å². The minimum atomic E-state index is -0.675. The zero-order valence-corrected chi connectivity index (χ0v) is 10.8. The molecule has 0 saturated heterocycles. The van der Waals surface area contributed by atoms with Crippen LogP contribution in [0.1, 0.15) is 18.9 Å². The van der Waals surface area contributed by atoms with Gasteiger partial charge in [-0.3, -0.25) is 4.79 Å². The predicted molar refractivity (Wildman–Crippen MR) is 69.7 cm³/mol. The zero-order chi connectivity index (χ0) is 13.5. The molecule has 18 heavy (non-hydrogen) atoms. The minimum absolute atomic E-state index is 0.325. The SMILES string of the molecule is CCc1ccc(OCCC(N)C(N)=O)c(OC)c1. The molecule has 0 radical (unpaired) electrons. The molecule has 1 amide bonds. The maximum absolute atomic E-state index is 10.8. The molecule has 0 aliphatic rings. The number of hydrogen-bond acceptors (Lipinski definition) is 4. The molecule has 1 aromatic carbocycles. The lowest BCUT2D eigenvalue weighted by atomic mass is 10.1. The summed E-state index contributed by atoms with van der Waals surface area (Å²) in [5, 5.41) is 0. The van der Waals surface area contributed by atoms with E-state index in [-0.39, 0.29) is 0 Å². The number of ether oxygens (including phenoxy) is 2. The van der Waals surface area contributed by atoms with Crippen LogP contribution in [0.3, 0.4) is 0 Å². The van der Waals surface area contributed by atoms with Crippen molar-refractivity contribution in [2.45, 2.75) is 25.8 Å². The first-order valence-corrected chi connectivity index (χ1v) is 5.93. The van der Waals surface area contributed by atoms with E-state index in [2.05, 4.69) is 6.92 Å². The van der Waals surface area contributed by atoms with Crippen LogP contribution >= 0.6 is 0 Å². The van der Waals surface area contributed by atoms with Crippen molar-refractivity contribution < 1.29 is 14.3 Å². The number of nitrogens with two attached hydrogens (primary N) is 2. The third-order valence-electron chi connectivity index (χ3n) is 2.69. The topological polar surface area (TPSA) is 87.6 Å². The molecule has 1 aromatic rings. The number of rotatable bonds is 7. The molecule has 0 aliphatic heterocycles. The summed E-state index contributed by atoms with van der Waals surface area (Å²) in [5.41, 5.74) is 11.8. The molecule has 100 valence electrons. The molecule has 0 fully saturated rings. The second-order valence-corrected chi connectivity index (χ2v) is 3.98. The van der Waals surface area contributed by atoms with E-state index in [4.69, 9.17) is 20.9 Å². The average Bonchev–Trinajstić information content (AvgIpc) is 2.38. The maximum atomic E-state index is 10.8. The molecular formula is C13H20N2O3. The molecule has 0 saturated carbocycles. The van der Waals surface area contributed by atoms with Gasteiger partial charge in [0, 0.05) is 6.42 Å². The van der Waals surface area contributed by atoms with Gasteiger partial charge in [0.05, 0.1) is 19.8 Å². The zero-order valence-electron chi connectivity index (χ0n) is 10.8. The first-order valence-electron chi connectivity index (χ1n) is 5.93. The summed E-state index contributed by atoms with van der Waals surface area (Å²) in [7, 11) is 1.59. The van der Waals surface area contributed by atoms with E-state index in [0.717, 1.165) is 6.42 Å². The molecule has 1 unspecified atom stereocenters. The summed E-state index contributed by atoms with van der Waals surface area (Å²) in [4.78, 5) is 10.8. The number of carbonyl (C=O) groups excluding carboxylic acids is 1. The molecule has 4 N–H and O–H groups in total. The van der Waals surface area contributed by atoms with Crippen LogP contribution in [0, 0.1) is 0 Å². The van der Waals surface area contributed by atoms with Crippen LogP contribution in [0.15, 0.2) is 18.2 Å². The van der Waals surface area contributed by atoms with Gasteiger partial charge in [0.25, 0.3) is 0 Å². The number of aryl methyl sites for hydroxylation is 1. The third-order valence-corrected chi connectivity index (χ3v) is 2.69. The van der Waals surface area contributed by atoms with Crippen LogP contribution in [0.5, 0.6) is 11.5 Å². The smallest absolute Gasteiger partial charge is 0.234 e. The number of hydrogen-bond donors (Lipinski definition) is 2. The Morgan fingerprint density at radius 3 is 2.67 bits per heavy atom. The summed E-state index contributed by atoms with van der Waals surface area (Å²) in [6, 6.07) is 5.09. The molecule has 0 heterocycles. The Morgan fingerprint density at radius 1 is 1.39 bits per heavy atom. The second kappa shape index (κ2) is 6.86. The minimum Gasteiger partial charge on any atom is -0.493 e. The van der Waals surface area contributed by atoms with Gasteiger partial charge in [-0.1, -0.05) is 13.0 Å². The van der Waals surface area contributed by atoms with Crippen LogP contribution in [0.2, 0.25) is 0 Å². The summed E-state index contributed by atoms with van der Waals surface area (Å²) < 4.78 is 10.8. The number of methoxy groups -OCH3 is 1. The van der Waals surface area contributed by atoms with Gasteiger partial charge in [-0.05, 0) is 24.1 Å². The van der Waals surface area contributed by atoms with E-state index in [9.17, 15) is 4.79 Å². The molecular weight excluding hydrogens is 232 g/mol. The van der Waals surface area contributed by atoms with Gasteiger partial charge in [-0.25, -0.2) is 0 Å². The van der Waals surface area contributed by atoms with Crippen LogP contribution in [0.4, 0.5) is 0 Å². The highest BCUT2D eigenvalue weighted by Gasteiger charge is 2.10. The Labute approximate surface area is 107 Å². The van der Waals surface area contributed by atoms with E-state index < -0.39 is 11.9 Å². The van der Waals surface area contributed by atoms with Gasteiger partial charge in [0.2, 0.25) is 5.91 Å². The van der Waals surface area contributed by atoms with Crippen molar-refractivity contribution in [3.63, 3.8) is 0 Å². The van der Waals surface area contributed by atoms with Crippen molar-refractivity contribution >= 4 is 5.91 Å². The third kappa shape index (κ3) is 3.92. The van der Waals surface area contributed by atoms with Crippen LogP contribution < -0.4 is 20.9 Å². The van der Waals surface area contributed by atoms with Crippen molar-refractivity contribution in [3.8, 4) is 11.5 Å². The average molecular weight is 252 g/mol. The van der Waals surface area contributed by atoms with Crippen molar-refractivity contribution in [2.75, 3.05) is 13.7 Å². The van der Waals surface area contributed by atoms with Gasteiger partial charge >= 0.3 is 0 Å². The van der Waals surface area contributed by atoms with Crippen molar-refractivity contribution in [3.05, 3.63) is 23.8 Å². The first kappa shape index (κ1) is 14.3. The summed E-state index contributed by atoms with van der Waals surface area (Å²) in [6.07, 6.45) is 1.32. The van der Waals surface area contributed by atoms with E-state index >= 15 is 0 Å². The van der Waals surface area contributed by atoms with E-state index in [1.54, 1.807) is 7.11 Å². The summed E-state index contributed by atoms with van der Waals surface area (Å²) >= 11 is 0. The van der Waals surface area contributed by atoms with Crippen molar-refractivity contribution in [2.24, 2.45) is 11.5 Å². The predicted octanol–water partition coefficient (Wildman–Crippen LogP) is 0.839. The van der Waals surface area contributed by atoms with Gasteiger partial charge in [-0.2, -0.15) is 0 Å². The molecule has 0 aliphatic carbocycles. The molecule has 0 spiro atoms. The first-order chi connectivity index (χ1) is 8.58. The lowest BCUT2D eigenvalue weighted by Crippen LogP contribution is -2.37. The Balaban J connectivity index is 2.59. The Hall–Kier alpha value is -1.75. The normalized spacial score (nSPS) is 11.9. The highest BCUT2D eigenvalue weighted by molar-refractivity contribution is 5.79. The van der Waals surface area contributed by atoms with Crippen LogP contribution in [-0.2, 0) is 11.2 Å². The summed E-state index contributed by atoms with van der Waals surface area (Å²) in [5.74, 6) is 0.806. The molecule has 5 heteroatoms. The molecule has 0 aromatic heterocycles. The second-order valence-electron chi connectivity index (χ2n) is 3.98. The highest BCUT2D eigenvalue weighted by atomic mass is 16.5. The number of benzene rings is 1. The molecule has 5 nitrogen and oxygen atoms in total. The molecule has 1 atom stereocenters. The Bertz CT molecular complexity index is 407. The lowest BCUT2D eigenvalue weighted by Gasteiger charge is -2.13. The molecule has 1 rings (SSSR count). The van der Waals surface area contributed by atoms with E-state index in [0.29, 0.717) is 24.5 Å². The van der Waals surface area contributed by atoms with Crippen molar-refractivity contribution in [1.82, 2.24) is 0 Å². The van der Waals surface area contributed by atoms with Gasteiger partial charge in [0.1, 0.15) is 0 Å². The quantitative estimate of drug-likeness (QED) is 0.752. The fourth-order valence-corrected chi connectivity index (χ4v) is 1.49. The number of amides is 1. The largest absolute Gasteiger partial charge is 0.493 e. The highest BCUT2D eigenvalue weighted by Crippen LogP contribution is 2.28. The Morgan fingerprint density at radius 2 is 2.11 bits per heavy atom. The van der Waals surface area contributed by atoms with Gasteiger partial charge in [0.15, 0.2) is 11.5 Å². The number of primary amides is 1. The van der Waals surface area contributed by atoms with E-state index in [1.165, 1.54) is 5.56 Å². The fraction of sp³-hybridized carbons (Fsp3) is 0.462.